The molecule has 4 aliphatic rings. The van der Waals surface area contributed by atoms with Gasteiger partial charge in [-0.05, 0) is 80.0 Å². The molecule has 20 heavy (non-hydrogen) atoms. The highest BCUT2D eigenvalue weighted by Gasteiger charge is 2.57. The summed E-state index contributed by atoms with van der Waals surface area (Å²) in [6.07, 6.45) is 6.33. The first-order chi connectivity index (χ1) is 9.57. The summed E-state index contributed by atoms with van der Waals surface area (Å²) in [5.74, 6) is 2.83. The Bertz CT molecular complexity index is 517. The van der Waals surface area contributed by atoms with Crippen LogP contribution in [0.2, 0.25) is 0 Å². The summed E-state index contributed by atoms with van der Waals surface area (Å²) in [5, 5.41) is 0. The number of hydrogen-bond acceptors (Lipinski definition) is 1. The third kappa shape index (κ3) is 1.63. The molecule has 0 aliphatic heterocycles. The van der Waals surface area contributed by atoms with E-state index in [9.17, 15) is 9.18 Å². The van der Waals surface area contributed by atoms with Crippen molar-refractivity contribution in [2.45, 2.75) is 39.0 Å². The monoisotopic (exact) mass is 272 g/mol. The highest BCUT2D eigenvalue weighted by Crippen LogP contribution is 2.62. The lowest BCUT2D eigenvalue weighted by molar-refractivity contribution is -0.0762. The standard InChI is InChI=1S/C18H21FO/c1-18(17(20)13-2-4-16(19)5-3-13)14-7-11-6-12(9-14)10-15(18)8-11/h2-5,11-12,14-15H,6-10H2,1H3. The highest BCUT2D eigenvalue weighted by atomic mass is 19.1. The first kappa shape index (κ1) is 12.6. The fourth-order valence-electron chi connectivity index (χ4n) is 5.45. The second kappa shape index (κ2) is 4.16. The largest absolute Gasteiger partial charge is 0.294 e. The Morgan fingerprint density at radius 3 is 2.00 bits per heavy atom. The molecule has 0 spiro atoms. The van der Waals surface area contributed by atoms with Crippen molar-refractivity contribution in [1.82, 2.24) is 0 Å². The molecule has 0 amide bonds. The first-order valence-corrected chi connectivity index (χ1v) is 7.87. The molecule has 106 valence electrons. The van der Waals surface area contributed by atoms with Gasteiger partial charge in [-0.2, -0.15) is 0 Å². The minimum Gasteiger partial charge on any atom is -0.294 e. The van der Waals surface area contributed by atoms with E-state index in [0.717, 1.165) is 11.8 Å². The Balaban J connectivity index is 1.69. The van der Waals surface area contributed by atoms with Gasteiger partial charge >= 0.3 is 0 Å². The smallest absolute Gasteiger partial charge is 0.169 e. The van der Waals surface area contributed by atoms with Crippen LogP contribution in [0.15, 0.2) is 24.3 Å². The topological polar surface area (TPSA) is 17.1 Å². The van der Waals surface area contributed by atoms with Crippen LogP contribution in [0.5, 0.6) is 0 Å². The van der Waals surface area contributed by atoms with Gasteiger partial charge < -0.3 is 0 Å². The molecule has 0 aromatic heterocycles. The molecule has 2 heteroatoms. The van der Waals surface area contributed by atoms with Gasteiger partial charge in [0.2, 0.25) is 0 Å². The number of ketones is 1. The fraction of sp³-hybridized carbons (Fsp3) is 0.611. The molecule has 4 aliphatic carbocycles. The maximum absolute atomic E-state index is 13.1. The van der Waals surface area contributed by atoms with Crippen molar-refractivity contribution in [3.63, 3.8) is 0 Å². The Kier molecular flexibility index (Phi) is 2.61. The van der Waals surface area contributed by atoms with Crippen LogP contribution in [0.3, 0.4) is 0 Å². The average Bonchev–Trinajstić information content (AvgIpc) is 2.44. The van der Waals surface area contributed by atoms with Crippen LogP contribution in [0, 0.1) is 34.9 Å². The number of hydrogen-bond donors (Lipinski definition) is 0. The van der Waals surface area contributed by atoms with Gasteiger partial charge in [0.05, 0.1) is 0 Å². The van der Waals surface area contributed by atoms with E-state index >= 15 is 0 Å². The Morgan fingerprint density at radius 2 is 1.50 bits per heavy atom. The summed E-state index contributed by atoms with van der Waals surface area (Å²) < 4.78 is 13.1. The van der Waals surface area contributed by atoms with Gasteiger partial charge in [0.25, 0.3) is 0 Å². The molecule has 0 atom stereocenters. The second-order valence-corrected chi connectivity index (χ2v) is 7.42. The van der Waals surface area contributed by atoms with E-state index in [0.29, 0.717) is 17.4 Å². The van der Waals surface area contributed by atoms with E-state index in [2.05, 4.69) is 6.92 Å². The molecule has 0 heterocycles. The minimum absolute atomic E-state index is 0.203. The third-order valence-corrected chi connectivity index (χ3v) is 6.43. The van der Waals surface area contributed by atoms with Gasteiger partial charge in [0.1, 0.15) is 5.82 Å². The SMILES string of the molecule is CC1(C(=O)c2ccc(F)cc2)C2CC3CC(C2)CC1C3. The van der Waals surface area contributed by atoms with E-state index in [1.165, 1.54) is 44.2 Å². The summed E-state index contributed by atoms with van der Waals surface area (Å²) in [5.41, 5.74) is 0.493. The summed E-state index contributed by atoms with van der Waals surface area (Å²) in [6.45, 7) is 2.19. The summed E-state index contributed by atoms with van der Waals surface area (Å²) >= 11 is 0. The Labute approximate surface area is 119 Å². The zero-order chi connectivity index (χ0) is 13.9. The Hall–Kier alpha value is -1.18. The number of benzene rings is 1. The third-order valence-electron chi connectivity index (χ3n) is 6.43. The van der Waals surface area contributed by atoms with Crippen molar-refractivity contribution < 1.29 is 9.18 Å². The summed E-state index contributed by atoms with van der Waals surface area (Å²) in [4.78, 5) is 13.0. The predicted molar refractivity (Wildman–Crippen MR) is 75.9 cm³/mol. The van der Waals surface area contributed by atoms with E-state index in [1.54, 1.807) is 12.1 Å². The zero-order valence-corrected chi connectivity index (χ0v) is 11.9. The van der Waals surface area contributed by atoms with Crippen molar-refractivity contribution in [2.24, 2.45) is 29.1 Å². The molecular formula is C18H21FO. The summed E-state index contributed by atoms with van der Waals surface area (Å²) in [6, 6.07) is 6.14. The predicted octanol–water partition coefficient (Wildman–Crippen LogP) is 4.47. The van der Waals surface area contributed by atoms with Crippen LogP contribution in [-0.4, -0.2) is 5.78 Å². The van der Waals surface area contributed by atoms with E-state index in [4.69, 9.17) is 0 Å². The van der Waals surface area contributed by atoms with Gasteiger partial charge in [-0.3, -0.25) is 4.79 Å². The zero-order valence-electron chi connectivity index (χ0n) is 11.9. The number of halogens is 1. The lowest BCUT2D eigenvalue weighted by Crippen LogP contribution is -2.55. The van der Waals surface area contributed by atoms with Crippen molar-refractivity contribution in [1.29, 1.82) is 0 Å². The van der Waals surface area contributed by atoms with Gasteiger partial charge in [-0.15, -0.1) is 0 Å². The van der Waals surface area contributed by atoms with Crippen LogP contribution < -0.4 is 0 Å². The normalized spacial score (nSPS) is 41.9. The van der Waals surface area contributed by atoms with E-state index < -0.39 is 0 Å². The molecule has 0 radical (unpaired) electrons. The van der Waals surface area contributed by atoms with Crippen LogP contribution in [0.1, 0.15) is 49.4 Å². The molecule has 4 fully saturated rings. The van der Waals surface area contributed by atoms with Crippen molar-refractivity contribution in [3.05, 3.63) is 35.6 Å². The number of carbonyl (C=O) groups is 1. The van der Waals surface area contributed by atoms with Crippen molar-refractivity contribution >= 4 is 5.78 Å². The van der Waals surface area contributed by atoms with E-state index in [-0.39, 0.29) is 17.0 Å². The number of carbonyl (C=O) groups excluding carboxylic acids is 1. The van der Waals surface area contributed by atoms with Gasteiger partial charge in [-0.1, -0.05) is 6.92 Å². The molecule has 1 nitrogen and oxygen atoms in total. The van der Waals surface area contributed by atoms with Crippen molar-refractivity contribution in [3.8, 4) is 0 Å². The molecule has 0 N–H and O–H groups in total. The second-order valence-electron chi connectivity index (χ2n) is 7.42. The lowest BCUT2D eigenvalue weighted by Gasteiger charge is -2.59. The maximum Gasteiger partial charge on any atom is 0.169 e. The van der Waals surface area contributed by atoms with Crippen LogP contribution >= 0.6 is 0 Å². The highest BCUT2D eigenvalue weighted by molar-refractivity contribution is 6.00. The fourth-order valence-corrected chi connectivity index (χ4v) is 5.45. The Morgan fingerprint density at radius 1 is 1.00 bits per heavy atom. The quantitative estimate of drug-likeness (QED) is 0.726. The summed E-state index contributed by atoms with van der Waals surface area (Å²) in [7, 11) is 0. The molecule has 1 aromatic rings. The molecule has 5 rings (SSSR count). The molecule has 4 bridgehead atoms. The van der Waals surface area contributed by atoms with E-state index in [1.807, 2.05) is 0 Å². The molecule has 0 saturated heterocycles. The molecule has 1 aromatic carbocycles. The van der Waals surface area contributed by atoms with Gasteiger partial charge in [0.15, 0.2) is 5.78 Å². The lowest BCUT2D eigenvalue weighted by atomic mass is 9.44. The van der Waals surface area contributed by atoms with Crippen LogP contribution in [-0.2, 0) is 0 Å². The number of Topliss-reactive ketones (excluding diaryl/α,β-unsaturated/α-hetero) is 1. The number of rotatable bonds is 2. The first-order valence-electron chi connectivity index (χ1n) is 7.87. The van der Waals surface area contributed by atoms with Crippen LogP contribution in [0.4, 0.5) is 4.39 Å². The maximum atomic E-state index is 13.1. The van der Waals surface area contributed by atoms with Gasteiger partial charge in [-0.25, -0.2) is 4.39 Å². The molecule has 0 unspecified atom stereocenters. The molecule has 4 saturated carbocycles. The molecular weight excluding hydrogens is 251 g/mol. The average molecular weight is 272 g/mol. The van der Waals surface area contributed by atoms with Crippen molar-refractivity contribution in [2.75, 3.05) is 0 Å². The minimum atomic E-state index is -0.267. The van der Waals surface area contributed by atoms with Gasteiger partial charge in [0, 0.05) is 11.0 Å². The van der Waals surface area contributed by atoms with Crippen LogP contribution in [0.25, 0.3) is 0 Å².